The van der Waals surface area contributed by atoms with Gasteiger partial charge in [0.15, 0.2) is 5.78 Å². The summed E-state index contributed by atoms with van der Waals surface area (Å²) in [6, 6.07) is 7.91. The number of carbonyl (C=O) groups is 1. The minimum absolute atomic E-state index is 0.133. The van der Waals surface area contributed by atoms with E-state index in [2.05, 4.69) is 9.80 Å². The summed E-state index contributed by atoms with van der Waals surface area (Å²) in [5, 5.41) is 0. The lowest BCUT2D eigenvalue weighted by molar-refractivity contribution is -0.138. The quantitative estimate of drug-likeness (QED) is 0.236. The maximum Gasteiger partial charge on any atom is 0.416 e. The van der Waals surface area contributed by atoms with E-state index in [0.29, 0.717) is 49.6 Å². The van der Waals surface area contributed by atoms with Gasteiger partial charge in [-0.3, -0.25) is 4.79 Å². The van der Waals surface area contributed by atoms with Crippen LogP contribution in [0.1, 0.15) is 78.4 Å². The van der Waals surface area contributed by atoms with Crippen molar-refractivity contribution in [2.24, 2.45) is 0 Å². The third-order valence-electron chi connectivity index (χ3n) is 10.2. The fraction of sp³-hybridized carbons (Fsp3) is 0.618. The van der Waals surface area contributed by atoms with Crippen molar-refractivity contribution in [1.29, 1.82) is 0 Å². The first-order valence-electron chi connectivity index (χ1n) is 16.4. The molecule has 0 bridgehead atoms. The molecule has 0 atom stereocenters. The fourth-order valence-electron chi connectivity index (χ4n) is 7.72. The van der Waals surface area contributed by atoms with Crippen molar-refractivity contribution in [3.63, 3.8) is 0 Å². The molecule has 0 N–H and O–H groups in total. The summed E-state index contributed by atoms with van der Waals surface area (Å²) in [6.45, 7) is 6.64. The van der Waals surface area contributed by atoms with Gasteiger partial charge in [0.1, 0.15) is 0 Å². The average Bonchev–Trinajstić information content (AvgIpc) is 3.76. The van der Waals surface area contributed by atoms with E-state index in [0.717, 1.165) is 76.1 Å². The molecule has 0 amide bonds. The van der Waals surface area contributed by atoms with Gasteiger partial charge in [0.25, 0.3) is 0 Å². The lowest BCUT2D eigenvalue weighted by atomic mass is 9.96. The molecular formula is C34H42F6N4O. The number of likely N-dealkylation sites (tertiary alicyclic amines) is 2. The number of nitrogens with zero attached hydrogens (tertiary/aromatic N) is 4. The highest BCUT2D eigenvalue weighted by Crippen LogP contribution is 2.37. The van der Waals surface area contributed by atoms with Gasteiger partial charge in [0.05, 0.1) is 11.1 Å². The van der Waals surface area contributed by atoms with Crippen LogP contribution in [0, 0.1) is 0 Å². The Morgan fingerprint density at radius 1 is 0.578 bits per heavy atom. The van der Waals surface area contributed by atoms with Crippen molar-refractivity contribution in [2.75, 3.05) is 62.2 Å². The Balaban J connectivity index is 1.21. The summed E-state index contributed by atoms with van der Waals surface area (Å²) in [5.41, 5.74) is -1.02. The van der Waals surface area contributed by atoms with Crippen LogP contribution in [-0.4, -0.2) is 80.0 Å². The molecule has 0 aromatic heterocycles. The summed E-state index contributed by atoms with van der Waals surface area (Å²) in [6.07, 6.45) is -1.63. The maximum atomic E-state index is 14.0. The number of anilines is 2. The molecule has 0 radical (unpaired) electrons. The van der Waals surface area contributed by atoms with Gasteiger partial charge in [0, 0.05) is 61.6 Å². The summed E-state index contributed by atoms with van der Waals surface area (Å²) >= 11 is 0. The molecule has 4 aliphatic heterocycles. The second kappa shape index (κ2) is 13.1. The monoisotopic (exact) mass is 636 g/mol. The fourth-order valence-corrected chi connectivity index (χ4v) is 7.72. The highest BCUT2D eigenvalue weighted by Gasteiger charge is 2.35. The zero-order chi connectivity index (χ0) is 31.8. The topological polar surface area (TPSA) is 30.0 Å². The predicted octanol–water partition coefficient (Wildman–Crippen LogP) is 7.28. The summed E-state index contributed by atoms with van der Waals surface area (Å²) in [5.74, 6) is -0.632. The van der Waals surface area contributed by atoms with Crippen LogP contribution in [0.2, 0.25) is 0 Å². The Morgan fingerprint density at radius 2 is 1.00 bits per heavy atom. The van der Waals surface area contributed by atoms with E-state index < -0.39 is 35.7 Å². The van der Waals surface area contributed by atoms with E-state index >= 15 is 0 Å². The van der Waals surface area contributed by atoms with E-state index in [1.807, 2.05) is 9.80 Å². The van der Waals surface area contributed by atoms with Crippen LogP contribution >= 0.6 is 0 Å². The Morgan fingerprint density at radius 3 is 1.44 bits per heavy atom. The smallest absolute Gasteiger partial charge is 0.371 e. The number of carbonyl (C=O) groups excluding carboxylic acids is 1. The number of ketones is 1. The molecule has 0 saturated carbocycles. The average molecular weight is 637 g/mol. The van der Waals surface area contributed by atoms with E-state index in [1.54, 1.807) is 6.07 Å². The summed E-state index contributed by atoms with van der Waals surface area (Å²) in [7, 11) is 0. The van der Waals surface area contributed by atoms with Gasteiger partial charge < -0.3 is 19.6 Å². The highest BCUT2D eigenvalue weighted by molar-refractivity contribution is 5.98. The lowest BCUT2D eigenvalue weighted by Crippen LogP contribution is -2.44. The van der Waals surface area contributed by atoms with Crippen molar-refractivity contribution >= 4 is 17.2 Å². The van der Waals surface area contributed by atoms with E-state index in [4.69, 9.17) is 0 Å². The van der Waals surface area contributed by atoms with Gasteiger partial charge in [-0.1, -0.05) is 0 Å². The van der Waals surface area contributed by atoms with Gasteiger partial charge in [-0.05, 0) is 120 Å². The Kier molecular flexibility index (Phi) is 9.39. The minimum atomic E-state index is -4.66. The van der Waals surface area contributed by atoms with Gasteiger partial charge in [-0.15, -0.1) is 0 Å². The molecule has 2 aromatic carbocycles. The normalized spacial score (nSPS) is 21.6. The van der Waals surface area contributed by atoms with Crippen LogP contribution in [0.3, 0.4) is 0 Å². The molecule has 4 fully saturated rings. The lowest BCUT2D eigenvalue weighted by Gasteiger charge is -2.38. The number of piperidine rings is 2. The van der Waals surface area contributed by atoms with Gasteiger partial charge in [-0.25, -0.2) is 0 Å². The standard InChI is InChI=1S/C34H42F6N4O/c35-33(36,37)26-17-24(18-30(22-26)43-13-5-28(6-14-43)41-9-1-2-10-41)19-32(45)25-20-27(34(38,39)40)23-31(21-25)44-15-7-29(8-16-44)42-11-3-4-12-42/h17-18,20-23,28-29H,1-16,19H2. The first-order valence-corrected chi connectivity index (χ1v) is 16.4. The first-order chi connectivity index (χ1) is 21.4. The number of Topliss-reactive ketones (excluding diaryl/α,β-unsaturated/α-hetero) is 1. The Labute approximate surface area is 261 Å². The van der Waals surface area contributed by atoms with Crippen molar-refractivity contribution in [3.8, 4) is 0 Å². The van der Waals surface area contributed by atoms with Crippen LogP contribution in [-0.2, 0) is 18.8 Å². The third kappa shape index (κ3) is 7.62. The zero-order valence-corrected chi connectivity index (χ0v) is 25.6. The molecule has 2 aromatic rings. The molecule has 4 heterocycles. The number of benzene rings is 2. The summed E-state index contributed by atoms with van der Waals surface area (Å²) in [4.78, 5) is 22.3. The molecule has 0 spiro atoms. The molecule has 246 valence electrons. The molecular weight excluding hydrogens is 594 g/mol. The van der Waals surface area contributed by atoms with Gasteiger partial charge >= 0.3 is 12.4 Å². The first kappa shape index (κ1) is 32.2. The van der Waals surface area contributed by atoms with Crippen LogP contribution in [0.25, 0.3) is 0 Å². The number of hydrogen-bond donors (Lipinski definition) is 0. The molecule has 0 unspecified atom stereocenters. The molecule has 4 aliphatic rings. The van der Waals surface area contributed by atoms with E-state index in [1.165, 1.54) is 31.7 Å². The van der Waals surface area contributed by atoms with Crippen molar-refractivity contribution < 1.29 is 31.1 Å². The number of hydrogen-bond acceptors (Lipinski definition) is 5. The van der Waals surface area contributed by atoms with Crippen molar-refractivity contribution in [3.05, 3.63) is 58.7 Å². The molecule has 45 heavy (non-hydrogen) atoms. The minimum Gasteiger partial charge on any atom is -0.371 e. The largest absolute Gasteiger partial charge is 0.416 e. The number of halogens is 6. The molecule has 0 aliphatic carbocycles. The van der Waals surface area contributed by atoms with Crippen LogP contribution in [0.15, 0.2) is 36.4 Å². The molecule has 6 rings (SSSR count). The van der Waals surface area contributed by atoms with E-state index in [-0.39, 0.29) is 11.1 Å². The predicted molar refractivity (Wildman–Crippen MR) is 163 cm³/mol. The van der Waals surface area contributed by atoms with Crippen LogP contribution < -0.4 is 9.80 Å². The number of alkyl halides is 6. The van der Waals surface area contributed by atoms with Crippen LogP contribution in [0.4, 0.5) is 37.7 Å². The Bertz CT molecular complexity index is 1330. The maximum absolute atomic E-state index is 14.0. The van der Waals surface area contributed by atoms with Crippen molar-refractivity contribution in [1.82, 2.24) is 9.80 Å². The second-order valence-electron chi connectivity index (χ2n) is 13.2. The molecule has 5 nitrogen and oxygen atoms in total. The zero-order valence-electron chi connectivity index (χ0n) is 25.6. The molecule has 11 heteroatoms. The third-order valence-corrected chi connectivity index (χ3v) is 10.2. The number of rotatable bonds is 7. The van der Waals surface area contributed by atoms with E-state index in [9.17, 15) is 31.1 Å². The SMILES string of the molecule is O=C(Cc1cc(N2CCC(N3CCCC3)CC2)cc(C(F)(F)F)c1)c1cc(N2CCC(N3CCCC3)CC2)cc(C(F)(F)F)c1. The second-order valence-corrected chi connectivity index (χ2v) is 13.2. The van der Waals surface area contributed by atoms with Crippen molar-refractivity contribution in [2.45, 2.75) is 82.2 Å². The van der Waals surface area contributed by atoms with Crippen LogP contribution in [0.5, 0.6) is 0 Å². The highest BCUT2D eigenvalue weighted by atomic mass is 19.4. The molecule has 4 saturated heterocycles. The summed E-state index contributed by atoms with van der Waals surface area (Å²) < 4.78 is 83.8. The van der Waals surface area contributed by atoms with Gasteiger partial charge in [-0.2, -0.15) is 26.3 Å². The Hall–Kier alpha value is -2.79. The van der Waals surface area contributed by atoms with Gasteiger partial charge in [0.2, 0.25) is 0 Å².